The number of hydrogen-bond acceptors (Lipinski definition) is 3. The van der Waals surface area contributed by atoms with Crippen LogP contribution in [0.1, 0.15) is 46.0 Å². The summed E-state index contributed by atoms with van der Waals surface area (Å²) >= 11 is 0. The first-order valence-electron chi connectivity index (χ1n) is 8.39. The van der Waals surface area contributed by atoms with E-state index in [2.05, 4.69) is 24.5 Å². The molecule has 1 amide bonds. The van der Waals surface area contributed by atoms with E-state index in [0.29, 0.717) is 18.5 Å². The second-order valence-electron chi connectivity index (χ2n) is 6.49. The van der Waals surface area contributed by atoms with Crippen molar-refractivity contribution >= 4 is 11.6 Å². The molecule has 1 aliphatic carbocycles. The van der Waals surface area contributed by atoms with Gasteiger partial charge in [-0.2, -0.15) is 0 Å². The third-order valence-electron chi connectivity index (χ3n) is 3.86. The summed E-state index contributed by atoms with van der Waals surface area (Å²) in [6.45, 7) is 5.29. The summed E-state index contributed by atoms with van der Waals surface area (Å²) in [4.78, 5) is 11.9. The van der Waals surface area contributed by atoms with Gasteiger partial charge in [-0.3, -0.25) is 4.79 Å². The van der Waals surface area contributed by atoms with Crippen LogP contribution in [0.15, 0.2) is 24.3 Å². The van der Waals surface area contributed by atoms with Crippen LogP contribution < -0.4 is 15.4 Å². The molecule has 122 valence electrons. The molecule has 1 aliphatic rings. The molecule has 1 aromatic rings. The quantitative estimate of drug-likeness (QED) is 0.809. The lowest BCUT2D eigenvalue weighted by Gasteiger charge is -2.22. The normalized spacial score (nSPS) is 15.6. The average Bonchev–Trinajstić information content (AvgIpc) is 2.53. The summed E-state index contributed by atoms with van der Waals surface area (Å²) in [6.07, 6.45) is 6.00. The third-order valence-corrected chi connectivity index (χ3v) is 3.86. The average molecular weight is 304 g/mol. The fourth-order valence-electron chi connectivity index (χ4n) is 2.64. The molecule has 0 aliphatic heterocycles. The van der Waals surface area contributed by atoms with Gasteiger partial charge in [0.2, 0.25) is 5.91 Å². The van der Waals surface area contributed by atoms with E-state index < -0.39 is 0 Å². The van der Waals surface area contributed by atoms with Gasteiger partial charge < -0.3 is 15.4 Å². The fraction of sp³-hybridized carbons (Fsp3) is 0.611. The molecule has 4 nitrogen and oxygen atoms in total. The SMILES string of the molecule is CC(C)COc1ccc(NCC(=O)NC2CCCCC2)cc1. The minimum Gasteiger partial charge on any atom is -0.493 e. The van der Waals surface area contributed by atoms with Crippen LogP contribution in [-0.2, 0) is 4.79 Å². The molecule has 0 heterocycles. The number of nitrogens with one attached hydrogen (secondary N) is 2. The number of rotatable bonds is 7. The smallest absolute Gasteiger partial charge is 0.239 e. The lowest BCUT2D eigenvalue weighted by molar-refractivity contribution is -0.120. The van der Waals surface area contributed by atoms with Gasteiger partial charge in [0.05, 0.1) is 13.2 Å². The topological polar surface area (TPSA) is 50.4 Å². The first kappa shape index (κ1) is 16.7. The molecule has 2 rings (SSSR count). The molecule has 0 radical (unpaired) electrons. The largest absolute Gasteiger partial charge is 0.493 e. The molecule has 2 N–H and O–H groups in total. The minimum absolute atomic E-state index is 0.0760. The number of carbonyl (C=O) groups excluding carboxylic acids is 1. The number of ether oxygens (including phenoxy) is 1. The predicted molar refractivity (Wildman–Crippen MR) is 90.3 cm³/mol. The fourth-order valence-corrected chi connectivity index (χ4v) is 2.64. The van der Waals surface area contributed by atoms with E-state index in [0.717, 1.165) is 30.9 Å². The van der Waals surface area contributed by atoms with Crippen LogP contribution in [0.3, 0.4) is 0 Å². The monoisotopic (exact) mass is 304 g/mol. The van der Waals surface area contributed by atoms with Crippen molar-refractivity contribution in [2.75, 3.05) is 18.5 Å². The van der Waals surface area contributed by atoms with Gasteiger partial charge in [0.25, 0.3) is 0 Å². The molecule has 1 fully saturated rings. The molecule has 4 heteroatoms. The molecule has 0 saturated heterocycles. The second kappa shape index (κ2) is 8.66. The molecule has 0 unspecified atom stereocenters. The zero-order chi connectivity index (χ0) is 15.8. The predicted octanol–water partition coefficient (Wildman–Crippen LogP) is 3.58. The van der Waals surface area contributed by atoms with Gasteiger partial charge in [0, 0.05) is 11.7 Å². The van der Waals surface area contributed by atoms with Crippen molar-refractivity contribution in [3.63, 3.8) is 0 Å². The molecule has 0 bridgehead atoms. The van der Waals surface area contributed by atoms with Gasteiger partial charge in [-0.05, 0) is 43.0 Å². The van der Waals surface area contributed by atoms with E-state index in [9.17, 15) is 4.79 Å². The van der Waals surface area contributed by atoms with Crippen molar-refractivity contribution in [3.8, 4) is 5.75 Å². The highest BCUT2D eigenvalue weighted by atomic mass is 16.5. The third kappa shape index (κ3) is 5.96. The number of benzene rings is 1. The number of amides is 1. The Morgan fingerprint density at radius 2 is 1.86 bits per heavy atom. The molecule has 0 spiro atoms. The number of anilines is 1. The summed E-state index contributed by atoms with van der Waals surface area (Å²) in [7, 11) is 0. The van der Waals surface area contributed by atoms with Crippen LogP contribution in [-0.4, -0.2) is 25.1 Å². The Morgan fingerprint density at radius 3 is 2.50 bits per heavy atom. The summed E-state index contributed by atoms with van der Waals surface area (Å²) < 4.78 is 5.64. The Kier molecular flexibility index (Phi) is 6.56. The van der Waals surface area contributed by atoms with Crippen molar-refractivity contribution in [2.24, 2.45) is 5.92 Å². The summed E-state index contributed by atoms with van der Waals surface area (Å²) in [5.41, 5.74) is 0.940. The molecular weight excluding hydrogens is 276 g/mol. The zero-order valence-corrected chi connectivity index (χ0v) is 13.7. The molecular formula is C18H28N2O2. The lowest BCUT2D eigenvalue weighted by atomic mass is 9.95. The van der Waals surface area contributed by atoms with Crippen molar-refractivity contribution in [1.82, 2.24) is 5.32 Å². The Balaban J connectivity index is 1.70. The highest BCUT2D eigenvalue weighted by Crippen LogP contribution is 2.18. The van der Waals surface area contributed by atoms with Gasteiger partial charge >= 0.3 is 0 Å². The number of carbonyl (C=O) groups is 1. The van der Waals surface area contributed by atoms with Crippen molar-refractivity contribution in [1.29, 1.82) is 0 Å². The van der Waals surface area contributed by atoms with Crippen molar-refractivity contribution < 1.29 is 9.53 Å². The maximum absolute atomic E-state index is 11.9. The van der Waals surface area contributed by atoms with Gasteiger partial charge in [-0.25, -0.2) is 0 Å². The highest BCUT2D eigenvalue weighted by molar-refractivity contribution is 5.81. The van der Waals surface area contributed by atoms with Gasteiger partial charge in [-0.15, -0.1) is 0 Å². The van der Waals surface area contributed by atoms with Gasteiger partial charge in [0.1, 0.15) is 5.75 Å². The minimum atomic E-state index is 0.0760. The Bertz CT molecular complexity index is 451. The molecule has 0 atom stereocenters. The standard InChI is InChI=1S/C18H28N2O2/c1-14(2)13-22-17-10-8-15(9-11-17)19-12-18(21)20-16-6-4-3-5-7-16/h8-11,14,16,19H,3-7,12-13H2,1-2H3,(H,20,21). The van der Waals surface area contributed by atoms with Crippen LogP contribution in [0.25, 0.3) is 0 Å². The van der Waals surface area contributed by atoms with Crippen LogP contribution in [0.2, 0.25) is 0 Å². The van der Waals surface area contributed by atoms with Crippen molar-refractivity contribution in [2.45, 2.75) is 52.0 Å². The maximum Gasteiger partial charge on any atom is 0.239 e. The first-order chi connectivity index (χ1) is 10.6. The Labute approximate surface area is 133 Å². The molecule has 1 saturated carbocycles. The van der Waals surface area contributed by atoms with E-state index in [1.807, 2.05) is 24.3 Å². The Hall–Kier alpha value is -1.71. The van der Waals surface area contributed by atoms with E-state index in [4.69, 9.17) is 4.74 Å². The van der Waals surface area contributed by atoms with E-state index in [1.165, 1.54) is 19.3 Å². The Morgan fingerprint density at radius 1 is 1.18 bits per heavy atom. The van der Waals surface area contributed by atoms with Crippen LogP contribution in [0.5, 0.6) is 5.75 Å². The maximum atomic E-state index is 11.9. The van der Waals surface area contributed by atoms with E-state index >= 15 is 0 Å². The summed E-state index contributed by atoms with van der Waals surface area (Å²) in [5, 5.41) is 6.27. The van der Waals surface area contributed by atoms with Crippen molar-refractivity contribution in [3.05, 3.63) is 24.3 Å². The second-order valence-corrected chi connectivity index (χ2v) is 6.49. The lowest BCUT2D eigenvalue weighted by Crippen LogP contribution is -2.39. The molecule has 22 heavy (non-hydrogen) atoms. The van der Waals surface area contributed by atoms with Crippen LogP contribution in [0, 0.1) is 5.92 Å². The molecule has 1 aromatic carbocycles. The van der Waals surface area contributed by atoms with Gasteiger partial charge in [0.15, 0.2) is 0 Å². The summed E-state index contributed by atoms with van der Waals surface area (Å²) in [5.74, 6) is 1.46. The van der Waals surface area contributed by atoms with E-state index in [1.54, 1.807) is 0 Å². The first-order valence-corrected chi connectivity index (χ1v) is 8.39. The number of hydrogen-bond donors (Lipinski definition) is 2. The zero-order valence-electron chi connectivity index (χ0n) is 13.7. The highest BCUT2D eigenvalue weighted by Gasteiger charge is 2.15. The van der Waals surface area contributed by atoms with Crippen LogP contribution in [0.4, 0.5) is 5.69 Å². The summed E-state index contributed by atoms with van der Waals surface area (Å²) in [6, 6.07) is 8.13. The molecule has 0 aromatic heterocycles. The van der Waals surface area contributed by atoms with Crippen LogP contribution >= 0.6 is 0 Å². The van der Waals surface area contributed by atoms with Gasteiger partial charge in [-0.1, -0.05) is 33.1 Å². The van der Waals surface area contributed by atoms with E-state index in [-0.39, 0.29) is 5.91 Å².